The number of rotatable bonds is 4. The molecule has 0 aliphatic carbocycles. The van der Waals surface area contributed by atoms with Crippen molar-refractivity contribution in [2.24, 2.45) is 0 Å². The minimum atomic E-state index is -0.0951. The van der Waals surface area contributed by atoms with Crippen molar-refractivity contribution in [2.45, 2.75) is 25.8 Å². The highest BCUT2D eigenvalue weighted by molar-refractivity contribution is 5.84. The van der Waals surface area contributed by atoms with Gasteiger partial charge >= 0.3 is 0 Å². The Morgan fingerprint density at radius 3 is 2.60 bits per heavy atom. The number of hydrogen-bond acceptors (Lipinski definition) is 4. The summed E-state index contributed by atoms with van der Waals surface area (Å²) in [6, 6.07) is -0.0951. The lowest BCUT2D eigenvalue weighted by Gasteiger charge is -2.33. The molecular weight excluding hydrogens is 256 g/mol. The van der Waals surface area contributed by atoms with Crippen LogP contribution in [0.1, 0.15) is 19.8 Å². The van der Waals surface area contributed by atoms with Gasteiger partial charge in [0.15, 0.2) is 0 Å². The summed E-state index contributed by atoms with van der Waals surface area (Å²) in [5.41, 5.74) is 0. The molecule has 2 aliphatic heterocycles. The summed E-state index contributed by atoms with van der Waals surface area (Å²) >= 11 is 0. The summed E-state index contributed by atoms with van der Waals surface area (Å²) < 4.78 is 0. The van der Waals surface area contributed by atoms with Crippen LogP contribution in [0.2, 0.25) is 0 Å². The molecule has 2 fully saturated rings. The number of likely N-dealkylation sites (N-methyl/N-ethyl adjacent to an activating group) is 1. The summed E-state index contributed by atoms with van der Waals surface area (Å²) in [5, 5.41) is 3.26. The molecule has 2 aliphatic rings. The number of hydrogen-bond donors (Lipinski definition) is 1. The van der Waals surface area contributed by atoms with E-state index in [0.717, 1.165) is 45.6 Å². The average molecular weight is 282 g/mol. The number of carbonyl (C=O) groups is 2. The standard InChI is InChI=1S/C14H26N4O2/c1-3-16(2)13(19)11-18-8-4-5-12(18)14(20)17-9-6-15-7-10-17/h12,15H,3-11H2,1-2H3. The second-order valence-electron chi connectivity index (χ2n) is 5.61. The first-order valence-corrected chi connectivity index (χ1v) is 7.61. The van der Waals surface area contributed by atoms with Crippen LogP contribution in [-0.4, -0.2) is 85.4 Å². The van der Waals surface area contributed by atoms with Crippen molar-refractivity contribution in [2.75, 3.05) is 52.9 Å². The Morgan fingerprint density at radius 1 is 1.25 bits per heavy atom. The number of nitrogens with one attached hydrogen (secondary N) is 1. The van der Waals surface area contributed by atoms with Gasteiger partial charge in [0, 0.05) is 39.8 Å². The topological polar surface area (TPSA) is 55.9 Å². The predicted molar refractivity (Wildman–Crippen MR) is 77.4 cm³/mol. The maximum Gasteiger partial charge on any atom is 0.240 e. The lowest BCUT2D eigenvalue weighted by atomic mass is 10.1. The second-order valence-corrected chi connectivity index (χ2v) is 5.61. The van der Waals surface area contributed by atoms with Gasteiger partial charge < -0.3 is 15.1 Å². The van der Waals surface area contributed by atoms with E-state index in [0.29, 0.717) is 13.1 Å². The molecule has 0 aromatic rings. The molecule has 1 N–H and O–H groups in total. The van der Waals surface area contributed by atoms with Crippen molar-refractivity contribution in [1.82, 2.24) is 20.0 Å². The van der Waals surface area contributed by atoms with Gasteiger partial charge in [-0.15, -0.1) is 0 Å². The Kier molecular flexibility index (Phi) is 5.37. The molecule has 2 rings (SSSR count). The fourth-order valence-electron chi connectivity index (χ4n) is 2.86. The third-order valence-electron chi connectivity index (χ3n) is 4.32. The van der Waals surface area contributed by atoms with Gasteiger partial charge in [-0.3, -0.25) is 14.5 Å². The molecule has 6 nitrogen and oxygen atoms in total. The van der Waals surface area contributed by atoms with E-state index in [2.05, 4.69) is 10.2 Å². The summed E-state index contributed by atoms with van der Waals surface area (Å²) in [7, 11) is 1.81. The molecule has 0 radical (unpaired) electrons. The third kappa shape index (κ3) is 3.49. The van der Waals surface area contributed by atoms with Gasteiger partial charge in [0.1, 0.15) is 0 Å². The van der Waals surface area contributed by atoms with Crippen molar-refractivity contribution >= 4 is 11.8 Å². The maximum absolute atomic E-state index is 12.6. The summed E-state index contributed by atoms with van der Waals surface area (Å²) in [4.78, 5) is 30.3. The van der Waals surface area contributed by atoms with E-state index in [1.807, 2.05) is 18.9 Å². The first-order chi connectivity index (χ1) is 9.63. The zero-order valence-corrected chi connectivity index (χ0v) is 12.6. The Bertz CT molecular complexity index is 355. The minimum absolute atomic E-state index is 0.0951. The van der Waals surface area contributed by atoms with E-state index in [1.54, 1.807) is 4.90 Å². The molecule has 20 heavy (non-hydrogen) atoms. The molecule has 2 heterocycles. The van der Waals surface area contributed by atoms with Crippen molar-refractivity contribution < 1.29 is 9.59 Å². The van der Waals surface area contributed by atoms with E-state index < -0.39 is 0 Å². The van der Waals surface area contributed by atoms with E-state index in [-0.39, 0.29) is 17.9 Å². The summed E-state index contributed by atoms with van der Waals surface area (Å²) in [5.74, 6) is 0.309. The monoisotopic (exact) mass is 282 g/mol. The van der Waals surface area contributed by atoms with Crippen molar-refractivity contribution in [3.63, 3.8) is 0 Å². The number of piperazine rings is 1. The van der Waals surface area contributed by atoms with Crippen molar-refractivity contribution in [1.29, 1.82) is 0 Å². The highest BCUT2D eigenvalue weighted by Crippen LogP contribution is 2.19. The van der Waals surface area contributed by atoms with E-state index in [1.165, 1.54) is 0 Å². The fraction of sp³-hybridized carbons (Fsp3) is 0.857. The predicted octanol–water partition coefficient (Wildman–Crippen LogP) is -0.639. The first-order valence-electron chi connectivity index (χ1n) is 7.61. The van der Waals surface area contributed by atoms with E-state index >= 15 is 0 Å². The molecule has 0 aromatic heterocycles. The molecule has 0 bridgehead atoms. The van der Waals surface area contributed by atoms with E-state index in [9.17, 15) is 9.59 Å². The molecule has 0 aromatic carbocycles. The Hall–Kier alpha value is -1.14. The smallest absolute Gasteiger partial charge is 0.240 e. The van der Waals surface area contributed by atoms with Crippen LogP contribution in [0.3, 0.4) is 0 Å². The molecule has 6 heteroatoms. The second kappa shape index (κ2) is 7.04. The molecule has 114 valence electrons. The molecule has 2 saturated heterocycles. The molecule has 0 saturated carbocycles. The van der Waals surface area contributed by atoms with Crippen LogP contribution in [0.15, 0.2) is 0 Å². The summed E-state index contributed by atoms with van der Waals surface area (Å²) in [6.45, 7) is 7.21. The van der Waals surface area contributed by atoms with Gasteiger partial charge in [0.05, 0.1) is 12.6 Å². The Balaban J connectivity index is 1.92. The van der Waals surface area contributed by atoms with Gasteiger partial charge in [-0.25, -0.2) is 0 Å². The van der Waals surface area contributed by atoms with Crippen LogP contribution in [0.4, 0.5) is 0 Å². The van der Waals surface area contributed by atoms with Crippen LogP contribution in [0.5, 0.6) is 0 Å². The van der Waals surface area contributed by atoms with Crippen LogP contribution in [0, 0.1) is 0 Å². The lowest BCUT2D eigenvalue weighted by Crippen LogP contribution is -2.53. The molecule has 2 amide bonds. The molecule has 1 atom stereocenters. The summed E-state index contributed by atoms with van der Waals surface area (Å²) in [6.07, 6.45) is 1.89. The number of carbonyl (C=O) groups excluding carboxylic acids is 2. The quantitative estimate of drug-likeness (QED) is 0.745. The van der Waals surface area contributed by atoms with Crippen LogP contribution >= 0.6 is 0 Å². The Morgan fingerprint density at radius 2 is 1.95 bits per heavy atom. The van der Waals surface area contributed by atoms with Gasteiger partial charge in [-0.1, -0.05) is 0 Å². The fourth-order valence-corrected chi connectivity index (χ4v) is 2.86. The molecule has 0 spiro atoms. The average Bonchev–Trinajstić information content (AvgIpc) is 2.94. The van der Waals surface area contributed by atoms with Crippen molar-refractivity contribution in [3.8, 4) is 0 Å². The van der Waals surface area contributed by atoms with Gasteiger partial charge in [-0.05, 0) is 26.3 Å². The number of amides is 2. The largest absolute Gasteiger partial charge is 0.345 e. The zero-order chi connectivity index (χ0) is 14.5. The van der Waals surface area contributed by atoms with Crippen LogP contribution < -0.4 is 5.32 Å². The normalized spacial score (nSPS) is 23.9. The van der Waals surface area contributed by atoms with Gasteiger partial charge in [-0.2, -0.15) is 0 Å². The van der Waals surface area contributed by atoms with E-state index in [4.69, 9.17) is 0 Å². The SMILES string of the molecule is CCN(C)C(=O)CN1CCCC1C(=O)N1CCNCC1. The molecular formula is C14H26N4O2. The number of nitrogens with zero attached hydrogens (tertiary/aromatic N) is 3. The minimum Gasteiger partial charge on any atom is -0.345 e. The number of likely N-dealkylation sites (tertiary alicyclic amines) is 1. The molecule has 1 unspecified atom stereocenters. The first kappa shape index (κ1) is 15.3. The zero-order valence-electron chi connectivity index (χ0n) is 12.6. The van der Waals surface area contributed by atoms with Gasteiger partial charge in [0.2, 0.25) is 11.8 Å². The van der Waals surface area contributed by atoms with Crippen LogP contribution in [0.25, 0.3) is 0 Å². The maximum atomic E-state index is 12.6. The highest BCUT2D eigenvalue weighted by atomic mass is 16.2. The van der Waals surface area contributed by atoms with Crippen LogP contribution in [-0.2, 0) is 9.59 Å². The Labute approximate surface area is 121 Å². The van der Waals surface area contributed by atoms with Gasteiger partial charge in [0.25, 0.3) is 0 Å². The third-order valence-corrected chi connectivity index (χ3v) is 4.32. The lowest BCUT2D eigenvalue weighted by molar-refractivity contribution is -0.138. The highest BCUT2D eigenvalue weighted by Gasteiger charge is 2.35. The van der Waals surface area contributed by atoms with Crippen molar-refractivity contribution in [3.05, 3.63) is 0 Å².